The summed E-state index contributed by atoms with van der Waals surface area (Å²) in [5.41, 5.74) is 4.58. The van der Waals surface area contributed by atoms with Crippen LogP contribution >= 0.6 is 0 Å². The van der Waals surface area contributed by atoms with Crippen molar-refractivity contribution in [2.45, 2.75) is 65.0 Å². The van der Waals surface area contributed by atoms with Crippen LogP contribution in [0.2, 0.25) is 0 Å². The van der Waals surface area contributed by atoms with Crippen molar-refractivity contribution >= 4 is 11.6 Å². The van der Waals surface area contributed by atoms with E-state index in [1.807, 2.05) is 29.2 Å². The number of hydrogen-bond acceptors (Lipinski definition) is 5. The molecule has 0 unspecified atom stereocenters. The topological polar surface area (TPSA) is 62.5 Å². The Labute approximate surface area is 202 Å². The average molecular weight is 459 g/mol. The van der Waals surface area contributed by atoms with Crippen LogP contribution in [0.4, 0.5) is 5.69 Å². The van der Waals surface area contributed by atoms with Crippen molar-refractivity contribution in [3.05, 3.63) is 65.5 Å². The highest BCUT2D eigenvalue weighted by atomic mass is 16.5. The van der Waals surface area contributed by atoms with Crippen LogP contribution in [0, 0.1) is 19.8 Å². The molecule has 34 heavy (non-hydrogen) atoms. The van der Waals surface area contributed by atoms with Crippen molar-refractivity contribution in [3.8, 4) is 11.4 Å². The van der Waals surface area contributed by atoms with Gasteiger partial charge in [-0.25, -0.2) is 0 Å². The monoisotopic (exact) mass is 458 g/mol. The maximum absolute atomic E-state index is 13.8. The fourth-order valence-corrected chi connectivity index (χ4v) is 5.29. The number of carbonyl (C=O) groups is 1. The Morgan fingerprint density at radius 1 is 0.971 bits per heavy atom. The van der Waals surface area contributed by atoms with Gasteiger partial charge in [0.15, 0.2) is 0 Å². The summed E-state index contributed by atoms with van der Waals surface area (Å²) in [4.78, 5) is 22.9. The molecule has 2 heterocycles. The number of aromatic nitrogens is 2. The SMILES string of the molecule is Cc1ccc(-c2noc(CN(C(=O)[C@H]3CCCN(c4ccc(C)cc4)C3)C3CCCC3)n2)cc1. The third-order valence-electron chi connectivity index (χ3n) is 7.30. The lowest BCUT2D eigenvalue weighted by Gasteiger charge is -2.37. The molecule has 0 radical (unpaired) electrons. The van der Waals surface area contributed by atoms with Gasteiger partial charge >= 0.3 is 0 Å². The molecule has 2 aromatic carbocycles. The summed E-state index contributed by atoms with van der Waals surface area (Å²) < 4.78 is 5.61. The summed E-state index contributed by atoms with van der Waals surface area (Å²) in [5.74, 6) is 1.33. The number of nitrogens with zero attached hydrogens (tertiary/aromatic N) is 4. The van der Waals surface area contributed by atoms with Gasteiger partial charge in [-0.3, -0.25) is 4.79 Å². The number of benzene rings is 2. The molecule has 6 heteroatoms. The van der Waals surface area contributed by atoms with Gasteiger partial charge in [0, 0.05) is 30.4 Å². The van der Waals surface area contributed by atoms with E-state index < -0.39 is 0 Å². The van der Waals surface area contributed by atoms with Gasteiger partial charge in [0.2, 0.25) is 17.6 Å². The van der Waals surface area contributed by atoms with Crippen molar-refractivity contribution in [1.29, 1.82) is 0 Å². The fraction of sp³-hybridized carbons (Fsp3) is 0.464. The summed E-state index contributed by atoms with van der Waals surface area (Å²) in [5, 5.41) is 4.19. The zero-order valence-electron chi connectivity index (χ0n) is 20.2. The minimum atomic E-state index is -0.00450. The summed E-state index contributed by atoms with van der Waals surface area (Å²) in [6.45, 7) is 6.32. The second-order valence-electron chi connectivity index (χ2n) is 9.90. The van der Waals surface area contributed by atoms with Crippen LogP contribution in [0.3, 0.4) is 0 Å². The molecule has 3 aromatic rings. The van der Waals surface area contributed by atoms with E-state index in [0.29, 0.717) is 18.3 Å². The number of piperidine rings is 1. The molecule has 1 atom stereocenters. The molecular formula is C28H34N4O2. The van der Waals surface area contributed by atoms with Gasteiger partial charge in [-0.1, -0.05) is 65.5 Å². The van der Waals surface area contributed by atoms with Gasteiger partial charge in [-0.05, 0) is 51.7 Å². The second-order valence-corrected chi connectivity index (χ2v) is 9.90. The van der Waals surface area contributed by atoms with Crippen molar-refractivity contribution in [2.24, 2.45) is 5.92 Å². The zero-order chi connectivity index (χ0) is 23.5. The molecule has 2 aliphatic rings. The largest absolute Gasteiger partial charge is 0.371 e. The highest BCUT2D eigenvalue weighted by Crippen LogP contribution is 2.30. The van der Waals surface area contributed by atoms with E-state index in [0.717, 1.165) is 44.3 Å². The van der Waals surface area contributed by atoms with Crippen molar-refractivity contribution < 1.29 is 9.32 Å². The molecule has 1 amide bonds. The van der Waals surface area contributed by atoms with E-state index in [2.05, 4.69) is 53.2 Å². The van der Waals surface area contributed by atoms with Gasteiger partial charge in [-0.15, -0.1) is 0 Å². The van der Waals surface area contributed by atoms with E-state index in [9.17, 15) is 4.79 Å². The summed E-state index contributed by atoms with van der Waals surface area (Å²) in [6, 6.07) is 17.0. The Bertz CT molecular complexity index is 1100. The van der Waals surface area contributed by atoms with Crippen LogP contribution in [-0.4, -0.2) is 40.1 Å². The first-order valence-electron chi connectivity index (χ1n) is 12.6. The van der Waals surface area contributed by atoms with Crippen LogP contribution in [0.5, 0.6) is 0 Å². The maximum Gasteiger partial charge on any atom is 0.246 e. The van der Waals surface area contributed by atoms with Gasteiger partial charge in [0.25, 0.3) is 0 Å². The third kappa shape index (κ3) is 5.01. The predicted octanol–water partition coefficient (Wildman–Crippen LogP) is 5.54. The molecule has 5 rings (SSSR count). The lowest BCUT2D eigenvalue weighted by molar-refractivity contribution is -0.139. The number of anilines is 1. The van der Waals surface area contributed by atoms with Gasteiger partial charge < -0.3 is 14.3 Å². The molecule has 6 nitrogen and oxygen atoms in total. The standard InChI is InChI=1S/C28H34N4O2/c1-20-9-13-22(14-10-20)27-29-26(34-30-27)19-32(25-7-3-4-8-25)28(33)23-6-5-17-31(18-23)24-15-11-21(2)12-16-24/h9-16,23,25H,3-8,17-19H2,1-2H3/t23-/m0/s1. The van der Waals surface area contributed by atoms with E-state index in [1.54, 1.807) is 0 Å². The summed E-state index contributed by atoms with van der Waals surface area (Å²) in [6.07, 6.45) is 6.42. The zero-order valence-corrected chi connectivity index (χ0v) is 20.2. The van der Waals surface area contributed by atoms with E-state index in [1.165, 1.54) is 29.7 Å². The van der Waals surface area contributed by atoms with Gasteiger partial charge in [0.05, 0.1) is 5.92 Å². The second kappa shape index (κ2) is 10.00. The van der Waals surface area contributed by atoms with Crippen LogP contribution in [0.1, 0.15) is 55.5 Å². The molecule has 2 fully saturated rings. The molecule has 1 saturated carbocycles. The van der Waals surface area contributed by atoms with E-state index in [4.69, 9.17) is 4.52 Å². The molecule has 1 saturated heterocycles. The first-order chi connectivity index (χ1) is 16.6. The number of aryl methyl sites for hydroxylation is 2. The lowest BCUT2D eigenvalue weighted by atomic mass is 9.95. The summed E-state index contributed by atoms with van der Waals surface area (Å²) in [7, 11) is 0. The Balaban J connectivity index is 1.32. The molecule has 1 aromatic heterocycles. The van der Waals surface area contributed by atoms with Crippen LogP contribution in [0.25, 0.3) is 11.4 Å². The normalized spacial score (nSPS) is 18.9. The fourth-order valence-electron chi connectivity index (χ4n) is 5.29. The van der Waals surface area contributed by atoms with Gasteiger partial charge in [-0.2, -0.15) is 4.98 Å². The minimum Gasteiger partial charge on any atom is -0.371 e. The maximum atomic E-state index is 13.8. The number of amides is 1. The quantitative estimate of drug-likeness (QED) is 0.485. The minimum absolute atomic E-state index is 0.00450. The van der Waals surface area contributed by atoms with E-state index >= 15 is 0 Å². The third-order valence-corrected chi connectivity index (χ3v) is 7.30. The molecule has 1 aliphatic carbocycles. The van der Waals surface area contributed by atoms with E-state index in [-0.39, 0.29) is 17.9 Å². The number of rotatable bonds is 6. The Hall–Kier alpha value is -3.15. The molecule has 0 N–H and O–H groups in total. The number of hydrogen-bond donors (Lipinski definition) is 0. The highest BCUT2D eigenvalue weighted by molar-refractivity contribution is 5.80. The molecule has 0 spiro atoms. The lowest BCUT2D eigenvalue weighted by Crippen LogP contribution is -2.47. The smallest absolute Gasteiger partial charge is 0.246 e. The Morgan fingerprint density at radius 2 is 1.65 bits per heavy atom. The Kier molecular flexibility index (Phi) is 6.66. The van der Waals surface area contributed by atoms with Gasteiger partial charge in [0.1, 0.15) is 6.54 Å². The predicted molar refractivity (Wildman–Crippen MR) is 133 cm³/mol. The van der Waals surface area contributed by atoms with Crippen LogP contribution in [0.15, 0.2) is 53.1 Å². The van der Waals surface area contributed by atoms with Crippen LogP contribution in [-0.2, 0) is 11.3 Å². The molecule has 178 valence electrons. The average Bonchev–Trinajstić information content (AvgIpc) is 3.56. The summed E-state index contributed by atoms with van der Waals surface area (Å²) >= 11 is 0. The Morgan fingerprint density at radius 3 is 2.35 bits per heavy atom. The highest BCUT2D eigenvalue weighted by Gasteiger charge is 2.35. The molecule has 0 bridgehead atoms. The first-order valence-corrected chi connectivity index (χ1v) is 12.6. The molecule has 1 aliphatic heterocycles. The van der Waals surface area contributed by atoms with Crippen molar-refractivity contribution in [3.63, 3.8) is 0 Å². The van der Waals surface area contributed by atoms with Crippen molar-refractivity contribution in [2.75, 3.05) is 18.0 Å². The van der Waals surface area contributed by atoms with Crippen LogP contribution < -0.4 is 4.90 Å². The number of carbonyl (C=O) groups excluding carboxylic acids is 1. The first kappa shape index (κ1) is 22.6. The molecular weight excluding hydrogens is 424 g/mol. The van der Waals surface area contributed by atoms with Crippen molar-refractivity contribution in [1.82, 2.24) is 15.0 Å².